The highest BCUT2D eigenvalue weighted by Gasteiger charge is 2.18. The topological polar surface area (TPSA) is 3.24 Å². The van der Waals surface area contributed by atoms with E-state index in [9.17, 15) is 0 Å². The van der Waals surface area contributed by atoms with Crippen LogP contribution in [0, 0.1) is 0 Å². The van der Waals surface area contributed by atoms with Crippen LogP contribution in [0.25, 0.3) is 54.6 Å². The number of hydrogen-bond acceptors (Lipinski definition) is 1. The van der Waals surface area contributed by atoms with E-state index in [2.05, 4.69) is 212 Å². The molecule has 0 bridgehead atoms. The summed E-state index contributed by atoms with van der Waals surface area (Å²) in [5.41, 5.74) is 11.5. The Morgan fingerprint density at radius 3 is 1.81 bits per heavy atom. The number of allylic oxidation sites excluding steroid dienone is 6. The Morgan fingerprint density at radius 2 is 1.04 bits per heavy atom. The molecule has 8 aromatic carbocycles. The third-order valence-corrected chi connectivity index (χ3v) is 10.2. The van der Waals surface area contributed by atoms with Gasteiger partial charge in [0.25, 0.3) is 0 Å². The maximum absolute atomic E-state index is 4.39. The summed E-state index contributed by atoms with van der Waals surface area (Å²) in [6.07, 6.45) is 11.6. The zero-order chi connectivity index (χ0) is 34.9. The summed E-state index contributed by atoms with van der Waals surface area (Å²) in [5, 5.41) is 7.51. The average Bonchev–Trinajstić information content (AvgIpc) is 3.21. The second kappa shape index (κ2) is 13.5. The van der Waals surface area contributed by atoms with Crippen molar-refractivity contribution in [2.75, 3.05) is 4.90 Å². The monoisotopic (exact) mass is 663 g/mol. The van der Waals surface area contributed by atoms with Gasteiger partial charge in [0.05, 0.1) is 5.69 Å². The Morgan fingerprint density at radius 1 is 0.442 bits per heavy atom. The van der Waals surface area contributed by atoms with E-state index in [1.807, 2.05) is 0 Å². The Hall–Kier alpha value is -6.70. The molecule has 8 aromatic rings. The summed E-state index contributed by atoms with van der Waals surface area (Å²) in [5.74, 6) is 0. The number of fused-ring (bicyclic) bond motifs is 5. The summed E-state index contributed by atoms with van der Waals surface area (Å²) in [6.45, 7) is 4.39. The summed E-state index contributed by atoms with van der Waals surface area (Å²) in [7, 11) is 0. The van der Waals surface area contributed by atoms with Gasteiger partial charge in [0.2, 0.25) is 0 Å². The summed E-state index contributed by atoms with van der Waals surface area (Å²) >= 11 is 0. The number of rotatable bonds is 5. The molecular formula is C51H37N. The first-order valence-corrected chi connectivity index (χ1v) is 17.9. The van der Waals surface area contributed by atoms with Crippen molar-refractivity contribution in [2.24, 2.45) is 0 Å². The van der Waals surface area contributed by atoms with Crippen molar-refractivity contribution >= 4 is 60.5 Å². The highest BCUT2D eigenvalue weighted by molar-refractivity contribution is 6.13. The van der Waals surface area contributed by atoms with Gasteiger partial charge in [-0.1, -0.05) is 170 Å². The summed E-state index contributed by atoms with van der Waals surface area (Å²) < 4.78 is 0. The van der Waals surface area contributed by atoms with Gasteiger partial charge in [0, 0.05) is 16.8 Å². The lowest BCUT2D eigenvalue weighted by atomic mass is 9.89. The highest BCUT2D eigenvalue weighted by Crippen LogP contribution is 2.42. The molecule has 0 unspecified atom stereocenters. The third-order valence-electron chi connectivity index (χ3n) is 10.2. The number of benzene rings is 8. The molecule has 0 aliphatic heterocycles. The van der Waals surface area contributed by atoms with Crippen molar-refractivity contribution in [3.05, 3.63) is 224 Å². The van der Waals surface area contributed by atoms with Crippen molar-refractivity contribution in [2.45, 2.75) is 6.42 Å². The van der Waals surface area contributed by atoms with E-state index >= 15 is 0 Å². The predicted octanol–water partition coefficient (Wildman–Crippen LogP) is 14.2. The van der Waals surface area contributed by atoms with Crippen LogP contribution in [0.4, 0.5) is 17.1 Å². The maximum Gasteiger partial charge on any atom is 0.0540 e. The standard InChI is InChI=1S/C51H37N/c1-36-15-4-2-3-5-20-44(47-23-11-10-19-43(36)47)38-27-31-41(32-28-38)52(51-26-14-18-37-16-6-9-22-46(37)51)42-33-29-39(30-34-42)50-35-40-17-7-8-21-45(40)48-24-12-13-25-49(48)50/h2-4,6-35H,1,5H2/b3-2-,15-4-,44-20-. The average molecular weight is 664 g/mol. The van der Waals surface area contributed by atoms with Crippen LogP contribution in [0.5, 0.6) is 0 Å². The van der Waals surface area contributed by atoms with Gasteiger partial charge in [-0.2, -0.15) is 0 Å². The van der Waals surface area contributed by atoms with E-state index in [-0.39, 0.29) is 0 Å². The number of anilines is 3. The Kier molecular flexibility index (Phi) is 8.15. The normalized spacial score (nSPS) is 15.2. The molecule has 9 rings (SSSR count). The van der Waals surface area contributed by atoms with Gasteiger partial charge >= 0.3 is 0 Å². The van der Waals surface area contributed by atoms with Gasteiger partial charge in [-0.05, 0) is 109 Å². The van der Waals surface area contributed by atoms with Crippen LogP contribution in [0.15, 0.2) is 207 Å². The molecule has 0 amide bonds. The first kappa shape index (κ1) is 31.3. The first-order valence-electron chi connectivity index (χ1n) is 17.9. The molecule has 0 spiro atoms. The molecule has 0 saturated carbocycles. The van der Waals surface area contributed by atoms with Crippen LogP contribution in [0.1, 0.15) is 23.1 Å². The molecule has 0 aromatic heterocycles. The molecule has 0 radical (unpaired) electrons. The quantitative estimate of drug-likeness (QED) is 0.166. The van der Waals surface area contributed by atoms with Gasteiger partial charge in [-0.25, -0.2) is 0 Å². The second-order valence-electron chi connectivity index (χ2n) is 13.3. The molecule has 0 N–H and O–H groups in total. The molecule has 0 fully saturated rings. The fraction of sp³-hybridized carbons (Fsp3) is 0.0196. The van der Waals surface area contributed by atoms with Crippen LogP contribution in [0.3, 0.4) is 0 Å². The van der Waals surface area contributed by atoms with Crippen LogP contribution in [-0.4, -0.2) is 0 Å². The van der Waals surface area contributed by atoms with Crippen molar-refractivity contribution < 1.29 is 0 Å². The fourth-order valence-electron chi connectivity index (χ4n) is 7.69. The van der Waals surface area contributed by atoms with E-state index in [0.717, 1.165) is 34.6 Å². The molecule has 246 valence electrons. The minimum atomic E-state index is 0.850. The molecule has 0 saturated heterocycles. The van der Waals surface area contributed by atoms with E-state index in [1.165, 1.54) is 60.1 Å². The van der Waals surface area contributed by atoms with Gasteiger partial charge in [0.15, 0.2) is 0 Å². The zero-order valence-corrected chi connectivity index (χ0v) is 28.9. The van der Waals surface area contributed by atoms with Gasteiger partial charge in [-0.15, -0.1) is 0 Å². The number of nitrogens with zero attached hydrogens (tertiary/aromatic N) is 1. The smallest absolute Gasteiger partial charge is 0.0540 e. The molecule has 52 heavy (non-hydrogen) atoms. The molecule has 1 nitrogen and oxygen atoms in total. The van der Waals surface area contributed by atoms with Crippen molar-refractivity contribution in [1.82, 2.24) is 0 Å². The molecule has 1 aliphatic rings. The van der Waals surface area contributed by atoms with Crippen molar-refractivity contribution in [3.63, 3.8) is 0 Å². The van der Waals surface area contributed by atoms with Gasteiger partial charge < -0.3 is 4.90 Å². The summed E-state index contributed by atoms with van der Waals surface area (Å²) in [4.78, 5) is 2.39. The van der Waals surface area contributed by atoms with Gasteiger partial charge in [0.1, 0.15) is 0 Å². The lowest BCUT2D eigenvalue weighted by Crippen LogP contribution is -2.10. The molecule has 0 heterocycles. The van der Waals surface area contributed by atoms with Crippen LogP contribution < -0.4 is 4.90 Å². The third kappa shape index (κ3) is 5.73. The Bertz CT molecular complexity index is 2700. The first-order chi connectivity index (χ1) is 25.7. The predicted molar refractivity (Wildman–Crippen MR) is 225 cm³/mol. The fourth-order valence-corrected chi connectivity index (χ4v) is 7.69. The SMILES string of the molecule is C=C1/C=C\C=C/C/C=C(/c2ccc(N(c3ccc(-c4cc5ccccc5c5ccccc45)cc3)c3cccc4ccccc34)cc2)c2ccccc21. The number of hydrogen-bond donors (Lipinski definition) is 0. The lowest BCUT2D eigenvalue weighted by molar-refractivity contribution is 1.29. The van der Waals surface area contributed by atoms with Crippen LogP contribution in [-0.2, 0) is 0 Å². The zero-order valence-electron chi connectivity index (χ0n) is 28.9. The highest BCUT2D eigenvalue weighted by atomic mass is 15.1. The Labute approximate surface area is 305 Å². The van der Waals surface area contributed by atoms with Gasteiger partial charge in [-0.3, -0.25) is 0 Å². The van der Waals surface area contributed by atoms with E-state index in [4.69, 9.17) is 0 Å². The minimum Gasteiger partial charge on any atom is -0.310 e. The molecular weight excluding hydrogens is 627 g/mol. The van der Waals surface area contributed by atoms with Crippen molar-refractivity contribution in [3.8, 4) is 11.1 Å². The minimum absolute atomic E-state index is 0.850. The second-order valence-corrected chi connectivity index (χ2v) is 13.3. The maximum atomic E-state index is 4.39. The molecule has 0 atom stereocenters. The van der Waals surface area contributed by atoms with Crippen LogP contribution >= 0.6 is 0 Å². The van der Waals surface area contributed by atoms with E-state index in [1.54, 1.807) is 0 Å². The van der Waals surface area contributed by atoms with Crippen molar-refractivity contribution in [1.29, 1.82) is 0 Å². The summed E-state index contributed by atoms with van der Waals surface area (Å²) in [6, 6.07) is 61.7. The Balaban J connectivity index is 1.16. The largest absolute Gasteiger partial charge is 0.310 e. The molecule has 1 aliphatic carbocycles. The lowest BCUT2D eigenvalue weighted by Gasteiger charge is -2.27. The van der Waals surface area contributed by atoms with E-state index < -0.39 is 0 Å². The molecule has 1 heteroatoms. The van der Waals surface area contributed by atoms with Crippen LogP contribution in [0.2, 0.25) is 0 Å². The van der Waals surface area contributed by atoms with E-state index in [0.29, 0.717) is 0 Å².